The fourth-order valence-corrected chi connectivity index (χ4v) is 4.04. The van der Waals surface area contributed by atoms with Crippen molar-refractivity contribution in [1.82, 2.24) is 20.1 Å². The first kappa shape index (κ1) is 20.1. The van der Waals surface area contributed by atoms with Gasteiger partial charge in [-0.15, -0.1) is 0 Å². The van der Waals surface area contributed by atoms with E-state index in [0.717, 1.165) is 41.8 Å². The molecular formula is C24H28N4O2. The molecule has 6 heteroatoms. The van der Waals surface area contributed by atoms with Crippen molar-refractivity contribution >= 4 is 5.91 Å². The second-order valence-electron chi connectivity index (χ2n) is 7.64. The summed E-state index contributed by atoms with van der Waals surface area (Å²) in [7, 11) is 1.65. The first-order valence-electron chi connectivity index (χ1n) is 10.6. The fourth-order valence-electron chi connectivity index (χ4n) is 4.04. The third-order valence-corrected chi connectivity index (χ3v) is 5.66. The number of nitrogens with zero attached hydrogens (tertiary/aromatic N) is 3. The molecule has 0 radical (unpaired) electrons. The van der Waals surface area contributed by atoms with Gasteiger partial charge in [-0.05, 0) is 61.9 Å². The summed E-state index contributed by atoms with van der Waals surface area (Å²) in [5, 5.41) is 7.94. The summed E-state index contributed by atoms with van der Waals surface area (Å²) in [4.78, 5) is 16.4. The monoisotopic (exact) mass is 404 g/mol. The number of carbonyl (C=O) groups excluding carboxylic acids is 1. The van der Waals surface area contributed by atoms with E-state index in [1.165, 1.54) is 24.1 Å². The molecule has 1 aromatic carbocycles. The SMILES string of the molecule is COc1ccc(CCC(=O)NCCn2nc(-c3ccncc3)c3c2CCCC3)cc1. The number of hydrogen-bond acceptors (Lipinski definition) is 4. The van der Waals surface area contributed by atoms with E-state index in [2.05, 4.69) is 15.0 Å². The van der Waals surface area contributed by atoms with E-state index in [1.807, 2.05) is 48.8 Å². The van der Waals surface area contributed by atoms with Gasteiger partial charge in [-0.1, -0.05) is 12.1 Å². The highest BCUT2D eigenvalue weighted by molar-refractivity contribution is 5.76. The van der Waals surface area contributed by atoms with E-state index in [4.69, 9.17) is 9.84 Å². The van der Waals surface area contributed by atoms with Crippen molar-refractivity contribution in [2.45, 2.75) is 45.1 Å². The predicted octanol–water partition coefficient (Wildman–Crippen LogP) is 3.58. The highest BCUT2D eigenvalue weighted by atomic mass is 16.5. The predicted molar refractivity (Wildman–Crippen MR) is 116 cm³/mol. The topological polar surface area (TPSA) is 69.0 Å². The number of nitrogens with one attached hydrogen (secondary N) is 1. The third-order valence-electron chi connectivity index (χ3n) is 5.66. The molecule has 0 spiro atoms. The first-order valence-corrected chi connectivity index (χ1v) is 10.6. The fraction of sp³-hybridized carbons (Fsp3) is 0.375. The van der Waals surface area contributed by atoms with Crippen molar-refractivity contribution in [2.24, 2.45) is 0 Å². The van der Waals surface area contributed by atoms with Crippen LogP contribution in [-0.2, 0) is 30.6 Å². The molecule has 2 heterocycles. The number of pyridine rings is 1. The molecule has 156 valence electrons. The van der Waals surface area contributed by atoms with E-state index < -0.39 is 0 Å². The zero-order valence-electron chi connectivity index (χ0n) is 17.4. The van der Waals surface area contributed by atoms with Gasteiger partial charge in [0.2, 0.25) is 5.91 Å². The van der Waals surface area contributed by atoms with Crippen molar-refractivity contribution in [1.29, 1.82) is 0 Å². The van der Waals surface area contributed by atoms with Gasteiger partial charge < -0.3 is 10.1 Å². The van der Waals surface area contributed by atoms with E-state index in [0.29, 0.717) is 19.5 Å². The van der Waals surface area contributed by atoms with Crippen molar-refractivity contribution in [3.05, 3.63) is 65.6 Å². The second-order valence-corrected chi connectivity index (χ2v) is 7.64. The van der Waals surface area contributed by atoms with Crippen molar-refractivity contribution < 1.29 is 9.53 Å². The molecule has 3 aromatic rings. The van der Waals surface area contributed by atoms with E-state index >= 15 is 0 Å². The number of hydrogen-bond donors (Lipinski definition) is 1. The summed E-state index contributed by atoms with van der Waals surface area (Å²) in [6.45, 7) is 1.28. The molecule has 2 aromatic heterocycles. The van der Waals surface area contributed by atoms with Crippen LogP contribution in [0.5, 0.6) is 5.75 Å². The number of ether oxygens (including phenoxy) is 1. The van der Waals surface area contributed by atoms with E-state index in [1.54, 1.807) is 7.11 Å². The molecule has 0 bridgehead atoms. The van der Waals surface area contributed by atoms with Crippen LogP contribution >= 0.6 is 0 Å². The smallest absolute Gasteiger partial charge is 0.220 e. The standard InChI is InChI=1S/C24H28N4O2/c1-30-20-9-6-18(7-10-20)8-11-23(29)26-16-17-28-22-5-3-2-4-21(22)24(27-28)19-12-14-25-15-13-19/h6-7,9-10,12-15H,2-5,8,11,16-17H2,1H3,(H,26,29). The quantitative estimate of drug-likeness (QED) is 0.623. The average molecular weight is 405 g/mol. The lowest BCUT2D eigenvalue weighted by molar-refractivity contribution is -0.121. The molecule has 0 fully saturated rings. The Morgan fingerprint density at radius 1 is 1.10 bits per heavy atom. The highest BCUT2D eigenvalue weighted by Gasteiger charge is 2.21. The molecule has 0 aliphatic heterocycles. The highest BCUT2D eigenvalue weighted by Crippen LogP contribution is 2.30. The molecule has 0 saturated heterocycles. The number of rotatable bonds is 8. The van der Waals surface area contributed by atoms with Gasteiger partial charge in [-0.25, -0.2) is 0 Å². The van der Waals surface area contributed by atoms with Gasteiger partial charge in [-0.2, -0.15) is 5.10 Å². The summed E-state index contributed by atoms with van der Waals surface area (Å²) < 4.78 is 7.26. The average Bonchev–Trinajstić information content (AvgIpc) is 3.17. The van der Waals surface area contributed by atoms with Gasteiger partial charge in [0.1, 0.15) is 5.75 Å². The Labute approximate surface area is 177 Å². The molecule has 6 nitrogen and oxygen atoms in total. The number of methoxy groups -OCH3 is 1. The zero-order valence-corrected chi connectivity index (χ0v) is 17.4. The van der Waals surface area contributed by atoms with Crippen LogP contribution < -0.4 is 10.1 Å². The summed E-state index contributed by atoms with van der Waals surface area (Å²) in [6.07, 6.45) is 9.35. The van der Waals surface area contributed by atoms with Crippen LogP contribution in [0.4, 0.5) is 0 Å². The molecule has 4 rings (SSSR count). The Kier molecular flexibility index (Phi) is 6.42. The number of benzene rings is 1. The van der Waals surface area contributed by atoms with Crippen LogP contribution in [0.1, 0.15) is 36.1 Å². The van der Waals surface area contributed by atoms with Gasteiger partial charge >= 0.3 is 0 Å². The molecular weight excluding hydrogens is 376 g/mol. The Hall–Kier alpha value is -3.15. The maximum absolute atomic E-state index is 12.3. The molecule has 1 aliphatic carbocycles. The molecule has 1 N–H and O–H groups in total. The Balaban J connectivity index is 1.33. The van der Waals surface area contributed by atoms with E-state index in [-0.39, 0.29) is 5.91 Å². The summed E-state index contributed by atoms with van der Waals surface area (Å²) >= 11 is 0. The summed E-state index contributed by atoms with van der Waals surface area (Å²) in [6, 6.07) is 11.9. The Bertz CT molecular complexity index is 980. The van der Waals surface area contributed by atoms with Crippen molar-refractivity contribution in [2.75, 3.05) is 13.7 Å². The minimum Gasteiger partial charge on any atom is -0.497 e. The van der Waals surface area contributed by atoms with Crippen LogP contribution in [0.15, 0.2) is 48.8 Å². The molecule has 30 heavy (non-hydrogen) atoms. The van der Waals surface area contributed by atoms with Gasteiger partial charge in [0.15, 0.2) is 0 Å². The lowest BCUT2D eigenvalue weighted by Crippen LogP contribution is -2.28. The zero-order chi connectivity index (χ0) is 20.8. The summed E-state index contributed by atoms with van der Waals surface area (Å²) in [5.41, 5.74) is 6.00. The van der Waals surface area contributed by atoms with Crippen molar-refractivity contribution in [3.63, 3.8) is 0 Å². The van der Waals surface area contributed by atoms with Gasteiger partial charge in [0.25, 0.3) is 0 Å². The third kappa shape index (κ3) is 4.70. The number of amides is 1. The number of carbonyl (C=O) groups is 1. The van der Waals surface area contributed by atoms with Gasteiger partial charge in [-0.3, -0.25) is 14.5 Å². The number of fused-ring (bicyclic) bond motifs is 1. The molecule has 1 aliphatic rings. The minimum atomic E-state index is 0.0706. The Morgan fingerprint density at radius 3 is 2.63 bits per heavy atom. The molecule has 0 unspecified atom stereocenters. The lowest BCUT2D eigenvalue weighted by Gasteiger charge is -2.14. The normalized spacial score (nSPS) is 13.0. The van der Waals surface area contributed by atoms with Crippen LogP contribution in [0.3, 0.4) is 0 Å². The van der Waals surface area contributed by atoms with E-state index in [9.17, 15) is 4.79 Å². The van der Waals surface area contributed by atoms with Gasteiger partial charge in [0.05, 0.1) is 19.3 Å². The Morgan fingerprint density at radius 2 is 1.87 bits per heavy atom. The molecule has 0 atom stereocenters. The minimum absolute atomic E-state index is 0.0706. The molecule has 0 saturated carbocycles. The first-order chi connectivity index (χ1) is 14.7. The number of aryl methyl sites for hydroxylation is 1. The summed E-state index contributed by atoms with van der Waals surface area (Å²) in [5.74, 6) is 0.901. The van der Waals surface area contributed by atoms with Crippen molar-refractivity contribution in [3.8, 4) is 17.0 Å². The molecule has 1 amide bonds. The maximum atomic E-state index is 12.3. The van der Waals surface area contributed by atoms with Crippen LogP contribution in [0.25, 0.3) is 11.3 Å². The maximum Gasteiger partial charge on any atom is 0.220 e. The lowest BCUT2D eigenvalue weighted by atomic mass is 9.94. The van der Waals surface area contributed by atoms with Crippen LogP contribution in [0.2, 0.25) is 0 Å². The van der Waals surface area contributed by atoms with Gasteiger partial charge in [0, 0.05) is 42.2 Å². The van der Waals surface area contributed by atoms with Crippen LogP contribution in [-0.4, -0.2) is 34.3 Å². The largest absolute Gasteiger partial charge is 0.497 e. The van der Waals surface area contributed by atoms with Crippen LogP contribution in [0, 0.1) is 0 Å². The second kappa shape index (κ2) is 9.57. The number of aromatic nitrogens is 3.